The smallest absolute Gasteiger partial charge is 0.273 e. The van der Waals surface area contributed by atoms with Gasteiger partial charge in [-0.1, -0.05) is 12.1 Å². The van der Waals surface area contributed by atoms with Gasteiger partial charge in [0.15, 0.2) is 0 Å². The summed E-state index contributed by atoms with van der Waals surface area (Å²) in [6.45, 7) is 13.7. The molecular weight excluding hydrogens is 447 g/mol. The van der Waals surface area contributed by atoms with Crippen molar-refractivity contribution in [3.8, 4) is 0 Å². The molecule has 0 radical (unpaired) electrons. The van der Waals surface area contributed by atoms with Gasteiger partial charge in [-0.05, 0) is 51.8 Å². The van der Waals surface area contributed by atoms with Gasteiger partial charge >= 0.3 is 0 Å². The highest BCUT2D eigenvalue weighted by molar-refractivity contribution is 5.98. The molecule has 1 fully saturated rings. The van der Waals surface area contributed by atoms with E-state index in [1.165, 1.54) is 12.1 Å². The Bertz CT molecular complexity index is 1030. The van der Waals surface area contributed by atoms with Crippen molar-refractivity contribution in [1.29, 1.82) is 0 Å². The van der Waals surface area contributed by atoms with Crippen LogP contribution in [0, 0.1) is 5.82 Å². The van der Waals surface area contributed by atoms with Crippen molar-refractivity contribution in [3.05, 3.63) is 46.9 Å². The first kappa shape index (κ1) is 25.3. The van der Waals surface area contributed by atoms with E-state index < -0.39 is 0 Å². The van der Waals surface area contributed by atoms with Crippen LogP contribution in [0.3, 0.4) is 0 Å². The topological polar surface area (TPSA) is 73.8 Å². The Balaban J connectivity index is 1.59. The van der Waals surface area contributed by atoms with Crippen molar-refractivity contribution in [3.63, 3.8) is 0 Å². The molecule has 1 aromatic carbocycles. The predicted octanol–water partition coefficient (Wildman–Crippen LogP) is 3.18. The normalized spacial score (nSPS) is 16.8. The minimum Gasteiger partial charge on any atom is -0.383 e. The highest BCUT2D eigenvalue weighted by Crippen LogP contribution is 2.32. The predicted molar refractivity (Wildman–Crippen MR) is 135 cm³/mol. The van der Waals surface area contributed by atoms with E-state index in [0.717, 1.165) is 43.9 Å². The lowest BCUT2D eigenvalue weighted by Crippen LogP contribution is -2.48. The van der Waals surface area contributed by atoms with Gasteiger partial charge in [0.05, 0.1) is 13.2 Å². The van der Waals surface area contributed by atoms with Gasteiger partial charge in [-0.25, -0.2) is 9.37 Å². The second kappa shape index (κ2) is 10.5. The maximum atomic E-state index is 13.4. The molecule has 1 amide bonds. The summed E-state index contributed by atoms with van der Waals surface area (Å²) in [7, 11) is 1.72. The summed E-state index contributed by atoms with van der Waals surface area (Å²) in [5, 5.41) is 3.60. The Kier molecular flexibility index (Phi) is 7.56. The SMILES string of the molecule is COCCN1CCN(c2nc(NC(C)(C)Cc3ccc(F)cc3)c3c(n2)C(=O)N(C(C)C)C3)CC1. The number of piperazine rings is 1. The number of fused-ring (bicyclic) bond motifs is 1. The van der Waals surface area contributed by atoms with Crippen LogP contribution in [-0.2, 0) is 17.7 Å². The number of hydrogen-bond donors (Lipinski definition) is 1. The molecule has 2 aliphatic rings. The van der Waals surface area contributed by atoms with E-state index in [1.54, 1.807) is 7.11 Å². The number of anilines is 2. The van der Waals surface area contributed by atoms with Crippen molar-refractivity contribution in [1.82, 2.24) is 19.8 Å². The zero-order valence-electron chi connectivity index (χ0n) is 21.5. The maximum Gasteiger partial charge on any atom is 0.273 e. The number of hydrogen-bond acceptors (Lipinski definition) is 7. The number of amides is 1. The molecule has 0 saturated carbocycles. The third-order valence-electron chi connectivity index (χ3n) is 6.69. The van der Waals surface area contributed by atoms with Gasteiger partial charge in [0.2, 0.25) is 5.95 Å². The van der Waals surface area contributed by atoms with Crippen molar-refractivity contribution in [2.24, 2.45) is 0 Å². The molecule has 0 unspecified atom stereocenters. The fourth-order valence-electron chi connectivity index (χ4n) is 4.71. The molecule has 1 N–H and O–H groups in total. The molecule has 3 heterocycles. The molecule has 0 spiro atoms. The van der Waals surface area contributed by atoms with Crippen LogP contribution in [0.4, 0.5) is 16.2 Å². The highest BCUT2D eigenvalue weighted by Gasteiger charge is 2.36. The van der Waals surface area contributed by atoms with Crippen molar-refractivity contribution in [2.45, 2.75) is 52.2 Å². The number of nitrogens with zero attached hydrogens (tertiary/aromatic N) is 5. The molecule has 35 heavy (non-hydrogen) atoms. The number of methoxy groups -OCH3 is 1. The molecule has 0 atom stereocenters. The quantitative estimate of drug-likeness (QED) is 0.586. The highest BCUT2D eigenvalue weighted by atomic mass is 19.1. The molecule has 2 aliphatic heterocycles. The summed E-state index contributed by atoms with van der Waals surface area (Å²) in [4.78, 5) is 29.3. The first-order valence-corrected chi connectivity index (χ1v) is 12.4. The van der Waals surface area contributed by atoms with E-state index in [9.17, 15) is 9.18 Å². The summed E-state index contributed by atoms with van der Waals surface area (Å²) in [5.41, 5.74) is 2.00. The minimum absolute atomic E-state index is 0.0447. The van der Waals surface area contributed by atoms with E-state index in [1.807, 2.05) is 30.9 Å². The number of carbonyl (C=O) groups excluding carboxylic acids is 1. The van der Waals surface area contributed by atoms with Crippen molar-refractivity contribution >= 4 is 17.7 Å². The van der Waals surface area contributed by atoms with Gasteiger partial charge < -0.3 is 19.9 Å². The van der Waals surface area contributed by atoms with Gasteiger partial charge in [0, 0.05) is 57.0 Å². The van der Waals surface area contributed by atoms with Crippen LogP contribution < -0.4 is 10.2 Å². The Hall–Kier alpha value is -2.78. The van der Waals surface area contributed by atoms with Gasteiger partial charge in [0.1, 0.15) is 17.3 Å². The Morgan fingerprint density at radius 2 is 1.80 bits per heavy atom. The van der Waals surface area contributed by atoms with Gasteiger partial charge in [-0.15, -0.1) is 0 Å². The monoisotopic (exact) mass is 484 g/mol. The zero-order valence-corrected chi connectivity index (χ0v) is 21.5. The second-order valence-electron chi connectivity index (χ2n) is 10.4. The largest absolute Gasteiger partial charge is 0.383 e. The lowest BCUT2D eigenvalue weighted by Gasteiger charge is -2.35. The van der Waals surface area contributed by atoms with Gasteiger partial charge in [0.25, 0.3) is 5.91 Å². The summed E-state index contributed by atoms with van der Waals surface area (Å²) < 4.78 is 18.6. The lowest BCUT2D eigenvalue weighted by molar-refractivity contribution is 0.0726. The van der Waals surface area contributed by atoms with E-state index >= 15 is 0 Å². The third kappa shape index (κ3) is 5.90. The van der Waals surface area contributed by atoms with Crippen molar-refractivity contribution < 1.29 is 13.9 Å². The molecule has 2 aromatic rings. The number of rotatable bonds is 9. The average Bonchev–Trinajstić information content (AvgIpc) is 3.16. The number of halogens is 1. The summed E-state index contributed by atoms with van der Waals surface area (Å²) in [6, 6.07) is 6.66. The molecule has 0 bridgehead atoms. The fraction of sp³-hybridized carbons (Fsp3) is 0.577. The van der Waals surface area contributed by atoms with Crippen LogP contribution in [0.5, 0.6) is 0 Å². The number of carbonyl (C=O) groups is 1. The second-order valence-corrected chi connectivity index (χ2v) is 10.4. The number of ether oxygens (including phenoxy) is 1. The minimum atomic E-state index is -0.371. The van der Waals surface area contributed by atoms with Crippen LogP contribution in [0.25, 0.3) is 0 Å². The standard InChI is InChI=1S/C26H37FN6O2/c1-18(2)33-17-21-22(24(33)34)28-25(32-12-10-31(11-13-32)14-15-35-5)29-23(21)30-26(3,4)16-19-6-8-20(27)9-7-19/h6-9,18H,10-17H2,1-5H3,(H,28,29,30). The number of nitrogens with one attached hydrogen (secondary N) is 1. The molecule has 0 aliphatic carbocycles. The molecule has 1 saturated heterocycles. The van der Waals surface area contributed by atoms with Crippen molar-refractivity contribution in [2.75, 3.05) is 56.7 Å². The lowest BCUT2D eigenvalue weighted by atomic mass is 9.94. The first-order valence-electron chi connectivity index (χ1n) is 12.4. The first-order chi connectivity index (χ1) is 16.7. The maximum absolute atomic E-state index is 13.4. The molecule has 190 valence electrons. The Morgan fingerprint density at radius 3 is 2.43 bits per heavy atom. The van der Waals surface area contributed by atoms with Gasteiger partial charge in [-0.2, -0.15) is 4.98 Å². The van der Waals surface area contributed by atoms with E-state index in [2.05, 4.69) is 29.0 Å². The Labute approximate surface area is 207 Å². The summed E-state index contributed by atoms with van der Waals surface area (Å²) in [5.74, 6) is 1.01. The molecule has 4 rings (SSSR count). The van der Waals surface area contributed by atoms with Gasteiger partial charge in [-0.3, -0.25) is 9.69 Å². The Morgan fingerprint density at radius 1 is 1.11 bits per heavy atom. The number of aromatic nitrogens is 2. The summed E-state index contributed by atoms with van der Waals surface area (Å²) >= 11 is 0. The average molecular weight is 485 g/mol. The number of benzene rings is 1. The van der Waals surface area contributed by atoms with Crippen LogP contribution in [0.2, 0.25) is 0 Å². The third-order valence-corrected chi connectivity index (χ3v) is 6.69. The van der Waals surface area contributed by atoms with Crippen LogP contribution >= 0.6 is 0 Å². The fourth-order valence-corrected chi connectivity index (χ4v) is 4.71. The van der Waals surface area contributed by atoms with Crippen LogP contribution in [0.1, 0.15) is 49.3 Å². The van der Waals surface area contributed by atoms with E-state index in [4.69, 9.17) is 14.7 Å². The van der Waals surface area contributed by atoms with E-state index in [-0.39, 0.29) is 23.3 Å². The van der Waals surface area contributed by atoms with Crippen LogP contribution in [0.15, 0.2) is 24.3 Å². The summed E-state index contributed by atoms with van der Waals surface area (Å²) in [6.07, 6.45) is 0.682. The zero-order chi connectivity index (χ0) is 25.2. The van der Waals surface area contributed by atoms with E-state index in [0.29, 0.717) is 37.0 Å². The molecule has 1 aromatic heterocycles. The molecular formula is C26H37FN6O2. The molecule has 8 nitrogen and oxygen atoms in total. The molecule has 9 heteroatoms. The van der Waals surface area contributed by atoms with Crippen LogP contribution in [-0.4, -0.2) is 83.7 Å².